The molecule has 0 saturated carbocycles. The van der Waals surface area contributed by atoms with Crippen LogP contribution < -0.4 is 4.90 Å². The summed E-state index contributed by atoms with van der Waals surface area (Å²) in [6.45, 7) is 1.27. The molecule has 1 aliphatic heterocycles. The van der Waals surface area contributed by atoms with Crippen molar-refractivity contribution in [3.05, 3.63) is 65.2 Å². The van der Waals surface area contributed by atoms with Crippen LogP contribution in [-0.2, 0) is 0 Å². The third kappa shape index (κ3) is 2.59. The van der Waals surface area contributed by atoms with Crippen molar-refractivity contribution >= 4 is 17.3 Å². The average Bonchev–Trinajstić information content (AvgIpc) is 2.83. The molecule has 1 saturated heterocycles. The van der Waals surface area contributed by atoms with Gasteiger partial charge in [0.1, 0.15) is 0 Å². The number of hydroxylamine groups is 2. The lowest BCUT2D eigenvalue weighted by atomic mass is 10.1. The highest BCUT2D eigenvalue weighted by atomic mass is 35.5. The molecule has 0 amide bonds. The number of hydrogen-bond acceptors (Lipinski definition) is 3. The summed E-state index contributed by atoms with van der Waals surface area (Å²) in [5, 5.41) is 12.2. The van der Waals surface area contributed by atoms with Crippen molar-refractivity contribution < 1.29 is 5.21 Å². The van der Waals surface area contributed by atoms with Crippen LogP contribution in [0.3, 0.4) is 0 Å². The van der Waals surface area contributed by atoms with E-state index in [2.05, 4.69) is 4.90 Å². The van der Waals surface area contributed by atoms with Crippen LogP contribution in [0.1, 0.15) is 11.6 Å². The molecule has 1 unspecified atom stereocenters. The number of hydrogen-bond donors (Lipinski definition) is 1. The lowest BCUT2D eigenvalue weighted by Crippen LogP contribution is -2.22. The van der Waals surface area contributed by atoms with Gasteiger partial charge in [-0.1, -0.05) is 41.9 Å². The highest BCUT2D eigenvalue weighted by Crippen LogP contribution is 2.30. The smallest absolute Gasteiger partial charge is 0.0952 e. The van der Waals surface area contributed by atoms with Gasteiger partial charge in [-0.05, 0) is 29.8 Å². The van der Waals surface area contributed by atoms with Crippen molar-refractivity contribution in [2.75, 3.05) is 18.1 Å². The molecule has 0 radical (unpaired) electrons. The second kappa shape index (κ2) is 5.21. The zero-order valence-corrected chi connectivity index (χ0v) is 11.2. The fraction of sp³-hybridized carbons (Fsp3) is 0.200. The summed E-state index contributed by atoms with van der Waals surface area (Å²) in [6.07, 6.45) is 0. The zero-order valence-electron chi connectivity index (χ0n) is 10.4. The Hall–Kier alpha value is -1.55. The maximum Gasteiger partial charge on any atom is 0.0952 e. The summed E-state index contributed by atoms with van der Waals surface area (Å²) >= 11 is 5.89. The first-order chi connectivity index (χ1) is 9.24. The van der Waals surface area contributed by atoms with Crippen molar-refractivity contribution in [2.45, 2.75) is 6.04 Å². The summed E-state index contributed by atoms with van der Waals surface area (Å²) in [5.74, 6) is 0. The molecular weight excluding hydrogens is 260 g/mol. The molecule has 1 fully saturated rings. The lowest BCUT2D eigenvalue weighted by molar-refractivity contribution is -0.101. The molecule has 3 nitrogen and oxygen atoms in total. The van der Waals surface area contributed by atoms with Crippen LogP contribution in [0.25, 0.3) is 0 Å². The van der Waals surface area contributed by atoms with Gasteiger partial charge < -0.3 is 10.1 Å². The number of nitrogens with zero attached hydrogens (tertiary/aromatic N) is 2. The fourth-order valence-electron chi connectivity index (χ4n) is 2.43. The molecule has 0 aliphatic carbocycles. The Bertz CT molecular complexity index is 544. The molecule has 1 aliphatic rings. The molecule has 0 bridgehead atoms. The van der Waals surface area contributed by atoms with E-state index >= 15 is 0 Å². The molecule has 1 atom stereocenters. The largest absolute Gasteiger partial charge is 0.354 e. The lowest BCUT2D eigenvalue weighted by Gasteiger charge is -2.17. The van der Waals surface area contributed by atoms with Crippen molar-refractivity contribution in [2.24, 2.45) is 0 Å². The molecule has 98 valence electrons. The van der Waals surface area contributed by atoms with E-state index < -0.39 is 0 Å². The first-order valence-electron chi connectivity index (χ1n) is 6.25. The first-order valence-corrected chi connectivity index (χ1v) is 6.63. The predicted octanol–water partition coefficient (Wildman–Crippen LogP) is 3.55. The molecule has 0 aromatic heterocycles. The maximum absolute atomic E-state index is 10.1. The summed E-state index contributed by atoms with van der Waals surface area (Å²) in [7, 11) is 0. The van der Waals surface area contributed by atoms with Gasteiger partial charge >= 0.3 is 0 Å². The van der Waals surface area contributed by atoms with E-state index in [-0.39, 0.29) is 6.04 Å². The molecular formula is C15H15ClN2O. The third-order valence-electron chi connectivity index (χ3n) is 3.44. The van der Waals surface area contributed by atoms with Crippen LogP contribution in [0, 0.1) is 0 Å². The zero-order chi connectivity index (χ0) is 13.2. The summed E-state index contributed by atoms with van der Waals surface area (Å²) < 4.78 is 0. The average molecular weight is 275 g/mol. The Morgan fingerprint density at radius 2 is 1.68 bits per heavy atom. The Morgan fingerprint density at radius 1 is 1.00 bits per heavy atom. The molecule has 3 rings (SSSR count). The SMILES string of the molecule is ON1CN(c2ccc(Cl)cc2)CC1c1ccccc1. The molecule has 2 aromatic carbocycles. The van der Waals surface area contributed by atoms with Crippen molar-refractivity contribution in [3.8, 4) is 0 Å². The molecule has 19 heavy (non-hydrogen) atoms. The van der Waals surface area contributed by atoms with Gasteiger partial charge in [0.25, 0.3) is 0 Å². The highest BCUT2D eigenvalue weighted by molar-refractivity contribution is 6.30. The van der Waals surface area contributed by atoms with E-state index in [9.17, 15) is 5.21 Å². The minimum Gasteiger partial charge on any atom is -0.354 e. The van der Waals surface area contributed by atoms with Gasteiger partial charge in [-0.3, -0.25) is 0 Å². The quantitative estimate of drug-likeness (QED) is 0.907. The fourth-order valence-corrected chi connectivity index (χ4v) is 2.55. The minimum absolute atomic E-state index is 0.0110. The van der Waals surface area contributed by atoms with Gasteiger partial charge in [0.05, 0.1) is 12.7 Å². The van der Waals surface area contributed by atoms with E-state index in [1.54, 1.807) is 0 Å². The van der Waals surface area contributed by atoms with Crippen molar-refractivity contribution in [1.82, 2.24) is 5.06 Å². The van der Waals surface area contributed by atoms with E-state index in [0.717, 1.165) is 22.8 Å². The first kappa shape index (κ1) is 12.5. The van der Waals surface area contributed by atoms with Crippen LogP contribution >= 0.6 is 11.6 Å². The van der Waals surface area contributed by atoms with E-state index in [1.165, 1.54) is 5.06 Å². The van der Waals surface area contributed by atoms with Gasteiger partial charge in [-0.25, -0.2) is 0 Å². The second-order valence-corrected chi connectivity index (χ2v) is 5.14. The molecule has 1 N–H and O–H groups in total. The van der Waals surface area contributed by atoms with E-state index in [4.69, 9.17) is 11.6 Å². The maximum atomic E-state index is 10.1. The molecule has 1 heterocycles. The van der Waals surface area contributed by atoms with Gasteiger partial charge in [-0.15, -0.1) is 0 Å². The number of benzene rings is 2. The Balaban J connectivity index is 1.80. The van der Waals surface area contributed by atoms with Crippen LogP contribution in [0.15, 0.2) is 54.6 Å². The van der Waals surface area contributed by atoms with Gasteiger partial charge in [0.2, 0.25) is 0 Å². The van der Waals surface area contributed by atoms with Gasteiger partial charge in [-0.2, -0.15) is 5.06 Å². The van der Waals surface area contributed by atoms with Gasteiger partial charge in [0.15, 0.2) is 0 Å². The summed E-state index contributed by atoms with van der Waals surface area (Å²) in [4.78, 5) is 2.13. The molecule has 0 spiro atoms. The minimum atomic E-state index is 0.0110. The third-order valence-corrected chi connectivity index (χ3v) is 3.70. The van der Waals surface area contributed by atoms with Crippen molar-refractivity contribution in [1.29, 1.82) is 0 Å². The van der Waals surface area contributed by atoms with Crippen LogP contribution in [0.4, 0.5) is 5.69 Å². The number of halogens is 1. The summed E-state index contributed by atoms with van der Waals surface area (Å²) in [5.41, 5.74) is 2.20. The predicted molar refractivity (Wildman–Crippen MR) is 76.5 cm³/mol. The normalized spacial score (nSPS) is 19.9. The topological polar surface area (TPSA) is 26.7 Å². The van der Waals surface area contributed by atoms with Crippen molar-refractivity contribution in [3.63, 3.8) is 0 Å². The monoisotopic (exact) mass is 274 g/mol. The second-order valence-electron chi connectivity index (χ2n) is 4.71. The highest BCUT2D eigenvalue weighted by Gasteiger charge is 2.30. The van der Waals surface area contributed by atoms with Crippen LogP contribution in [-0.4, -0.2) is 23.5 Å². The van der Waals surface area contributed by atoms with Crippen LogP contribution in [0.2, 0.25) is 5.02 Å². The Kier molecular flexibility index (Phi) is 3.42. The molecule has 4 heteroatoms. The molecule has 2 aromatic rings. The van der Waals surface area contributed by atoms with Crippen LogP contribution in [0.5, 0.6) is 0 Å². The van der Waals surface area contributed by atoms with E-state index in [0.29, 0.717) is 6.67 Å². The standard InChI is InChI=1S/C15H15ClN2O/c16-13-6-8-14(9-7-13)17-10-15(18(19)11-17)12-4-2-1-3-5-12/h1-9,15,19H,10-11H2. The number of anilines is 1. The van der Waals surface area contributed by atoms with Gasteiger partial charge in [0, 0.05) is 17.3 Å². The Labute approximate surface area is 117 Å². The Morgan fingerprint density at radius 3 is 2.37 bits per heavy atom. The van der Waals surface area contributed by atoms with E-state index in [1.807, 2.05) is 54.6 Å². The number of rotatable bonds is 2. The summed E-state index contributed by atoms with van der Waals surface area (Å²) in [6, 6.07) is 17.8.